The van der Waals surface area contributed by atoms with Gasteiger partial charge in [-0.2, -0.15) is 0 Å². The number of aliphatic hydroxyl groups is 1. The van der Waals surface area contributed by atoms with Gasteiger partial charge in [-0.3, -0.25) is 0 Å². The number of anilines is 1. The molecule has 12 heavy (non-hydrogen) atoms. The molecule has 0 amide bonds. The number of hydrogen-bond acceptors (Lipinski definition) is 2. The van der Waals surface area contributed by atoms with Crippen molar-refractivity contribution in [1.82, 2.24) is 0 Å². The average molecular weight is 165 g/mol. The maximum Gasteiger partial charge on any atom is 0.0704 e. The van der Waals surface area contributed by atoms with Gasteiger partial charge in [-0.25, -0.2) is 0 Å². The number of benzene rings is 1. The molecule has 1 aromatic rings. The van der Waals surface area contributed by atoms with Crippen LogP contribution in [0.1, 0.15) is 11.1 Å². The van der Waals surface area contributed by atoms with E-state index in [0.29, 0.717) is 0 Å². The summed E-state index contributed by atoms with van der Waals surface area (Å²) in [4.78, 5) is 2.01. The Balaban J connectivity index is 3.18. The van der Waals surface area contributed by atoms with Crippen LogP contribution in [0.2, 0.25) is 0 Å². The average Bonchev–Trinajstić information content (AvgIpc) is 2.03. The molecular formula is C10H15NO. The fourth-order valence-electron chi connectivity index (χ4n) is 1.31. The Labute approximate surface area is 73.4 Å². The molecule has 66 valence electrons. The smallest absolute Gasteiger partial charge is 0.0704 e. The van der Waals surface area contributed by atoms with Crippen molar-refractivity contribution in [2.75, 3.05) is 19.0 Å². The van der Waals surface area contributed by atoms with Crippen LogP contribution >= 0.6 is 0 Å². The minimum absolute atomic E-state index is 0.111. The Kier molecular flexibility index (Phi) is 2.71. The molecule has 0 fully saturated rings. The molecule has 1 aromatic carbocycles. The molecule has 0 aliphatic rings. The van der Waals surface area contributed by atoms with E-state index < -0.39 is 0 Å². The van der Waals surface area contributed by atoms with E-state index in [1.807, 2.05) is 44.1 Å². The van der Waals surface area contributed by atoms with Crippen LogP contribution in [0.15, 0.2) is 18.2 Å². The summed E-state index contributed by atoms with van der Waals surface area (Å²) in [7, 11) is 3.96. The summed E-state index contributed by atoms with van der Waals surface area (Å²) in [6.07, 6.45) is 0. The molecule has 0 aromatic heterocycles. The first-order chi connectivity index (χ1) is 5.66. The first-order valence-electron chi connectivity index (χ1n) is 4.03. The molecule has 0 atom stereocenters. The maximum atomic E-state index is 9.12. The maximum absolute atomic E-state index is 9.12. The van der Waals surface area contributed by atoms with Crippen molar-refractivity contribution in [1.29, 1.82) is 0 Å². The number of aliphatic hydroxyl groups excluding tert-OH is 1. The molecule has 0 aliphatic heterocycles. The molecule has 0 heterocycles. The van der Waals surface area contributed by atoms with Crippen molar-refractivity contribution in [2.45, 2.75) is 13.5 Å². The lowest BCUT2D eigenvalue weighted by atomic mass is 10.1. The summed E-state index contributed by atoms with van der Waals surface area (Å²) in [6.45, 7) is 2.12. The highest BCUT2D eigenvalue weighted by Gasteiger charge is 2.04. The number of hydrogen-bond donors (Lipinski definition) is 1. The Morgan fingerprint density at radius 1 is 1.33 bits per heavy atom. The van der Waals surface area contributed by atoms with Gasteiger partial charge in [0, 0.05) is 25.3 Å². The van der Waals surface area contributed by atoms with Crippen LogP contribution in [0.3, 0.4) is 0 Å². The fourth-order valence-corrected chi connectivity index (χ4v) is 1.31. The highest BCUT2D eigenvalue weighted by atomic mass is 16.3. The van der Waals surface area contributed by atoms with Gasteiger partial charge in [0.1, 0.15) is 0 Å². The predicted molar refractivity (Wildman–Crippen MR) is 51.4 cm³/mol. The molecule has 0 saturated carbocycles. The lowest BCUT2D eigenvalue weighted by Gasteiger charge is -2.17. The first-order valence-corrected chi connectivity index (χ1v) is 4.03. The highest BCUT2D eigenvalue weighted by Crippen LogP contribution is 2.21. The Morgan fingerprint density at radius 3 is 2.42 bits per heavy atom. The normalized spacial score (nSPS) is 10.0. The predicted octanol–water partition coefficient (Wildman–Crippen LogP) is 1.55. The topological polar surface area (TPSA) is 23.5 Å². The SMILES string of the molecule is Cc1cccc(N(C)C)c1CO. The second-order valence-corrected chi connectivity index (χ2v) is 3.13. The number of rotatable bonds is 2. The van der Waals surface area contributed by atoms with E-state index in [9.17, 15) is 0 Å². The van der Waals surface area contributed by atoms with Gasteiger partial charge in [0.15, 0.2) is 0 Å². The van der Waals surface area contributed by atoms with Crippen molar-refractivity contribution < 1.29 is 5.11 Å². The Hall–Kier alpha value is -1.02. The zero-order chi connectivity index (χ0) is 9.14. The van der Waals surface area contributed by atoms with Gasteiger partial charge in [-0.05, 0) is 18.6 Å². The van der Waals surface area contributed by atoms with Crippen LogP contribution < -0.4 is 4.90 Å². The molecule has 2 nitrogen and oxygen atoms in total. The quantitative estimate of drug-likeness (QED) is 0.718. The van der Waals surface area contributed by atoms with Crippen molar-refractivity contribution in [2.24, 2.45) is 0 Å². The van der Waals surface area contributed by atoms with Gasteiger partial charge in [0.25, 0.3) is 0 Å². The summed E-state index contributed by atoms with van der Waals surface area (Å²) in [5.74, 6) is 0. The summed E-state index contributed by atoms with van der Waals surface area (Å²) in [6, 6.07) is 6.03. The van der Waals surface area contributed by atoms with E-state index in [0.717, 1.165) is 16.8 Å². The van der Waals surface area contributed by atoms with Crippen LogP contribution in [0.4, 0.5) is 5.69 Å². The fraction of sp³-hybridized carbons (Fsp3) is 0.400. The van der Waals surface area contributed by atoms with Crippen molar-refractivity contribution >= 4 is 5.69 Å². The van der Waals surface area contributed by atoms with E-state index in [4.69, 9.17) is 5.11 Å². The number of nitrogens with zero attached hydrogens (tertiary/aromatic N) is 1. The van der Waals surface area contributed by atoms with E-state index in [1.165, 1.54) is 0 Å². The van der Waals surface area contributed by atoms with Crippen molar-refractivity contribution in [3.05, 3.63) is 29.3 Å². The zero-order valence-electron chi connectivity index (χ0n) is 7.83. The summed E-state index contributed by atoms with van der Waals surface area (Å²) >= 11 is 0. The van der Waals surface area contributed by atoms with Crippen LogP contribution in [0, 0.1) is 6.92 Å². The Morgan fingerprint density at radius 2 is 2.00 bits per heavy atom. The third-order valence-electron chi connectivity index (χ3n) is 2.03. The van der Waals surface area contributed by atoms with Gasteiger partial charge in [0.05, 0.1) is 6.61 Å². The van der Waals surface area contributed by atoms with E-state index in [-0.39, 0.29) is 6.61 Å². The summed E-state index contributed by atoms with van der Waals surface area (Å²) in [5.41, 5.74) is 3.25. The molecule has 0 bridgehead atoms. The lowest BCUT2D eigenvalue weighted by Crippen LogP contribution is -2.11. The van der Waals surface area contributed by atoms with E-state index >= 15 is 0 Å². The molecule has 0 spiro atoms. The van der Waals surface area contributed by atoms with Crippen LogP contribution in [0.5, 0.6) is 0 Å². The van der Waals surface area contributed by atoms with Gasteiger partial charge in [0.2, 0.25) is 0 Å². The molecule has 1 rings (SSSR count). The lowest BCUT2D eigenvalue weighted by molar-refractivity contribution is 0.281. The van der Waals surface area contributed by atoms with Crippen LogP contribution in [-0.4, -0.2) is 19.2 Å². The molecule has 1 N–H and O–H groups in total. The monoisotopic (exact) mass is 165 g/mol. The molecule has 0 radical (unpaired) electrons. The van der Waals surface area contributed by atoms with Gasteiger partial charge < -0.3 is 10.0 Å². The summed E-state index contributed by atoms with van der Waals surface area (Å²) < 4.78 is 0. The van der Waals surface area contributed by atoms with Crippen molar-refractivity contribution in [3.8, 4) is 0 Å². The van der Waals surface area contributed by atoms with E-state index in [1.54, 1.807) is 0 Å². The second-order valence-electron chi connectivity index (χ2n) is 3.13. The number of aryl methyl sites for hydroxylation is 1. The minimum atomic E-state index is 0.111. The molecule has 0 saturated heterocycles. The van der Waals surface area contributed by atoms with Gasteiger partial charge >= 0.3 is 0 Å². The Bertz CT molecular complexity index is 269. The third kappa shape index (κ3) is 1.59. The molecular weight excluding hydrogens is 150 g/mol. The van der Waals surface area contributed by atoms with Gasteiger partial charge in [-0.1, -0.05) is 12.1 Å². The zero-order valence-corrected chi connectivity index (χ0v) is 7.83. The van der Waals surface area contributed by atoms with Gasteiger partial charge in [-0.15, -0.1) is 0 Å². The largest absolute Gasteiger partial charge is 0.392 e. The van der Waals surface area contributed by atoms with Crippen LogP contribution in [0.25, 0.3) is 0 Å². The van der Waals surface area contributed by atoms with Crippen molar-refractivity contribution in [3.63, 3.8) is 0 Å². The third-order valence-corrected chi connectivity index (χ3v) is 2.03. The molecule has 0 unspecified atom stereocenters. The standard InChI is InChI=1S/C10H15NO/c1-8-5-4-6-10(11(2)3)9(8)7-12/h4-6,12H,7H2,1-3H3. The van der Waals surface area contributed by atoms with E-state index in [2.05, 4.69) is 0 Å². The van der Waals surface area contributed by atoms with Crippen LogP contribution in [-0.2, 0) is 6.61 Å². The molecule has 2 heteroatoms. The second kappa shape index (κ2) is 3.59. The highest BCUT2D eigenvalue weighted by molar-refractivity contribution is 5.55. The first kappa shape index (κ1) is 9.07. The minimum Gasteiger partial charge on any atom is -0.392 e. The molecule has 0 aliphatic carbocycles. The summed E-state index contributed by atoms with van der Waals surface area (Å²) in [5, 5.41) is 9.12.